The highest BCUT2D eigenvalue weighted by molar-refractivity contribution is 5.85. The molecule has 0 spiro atoms. The molecule has 146 valence electrons. The molecule has 0 aliphatic heterocycles. The van der Waals surface area contributed by atoms with Gasteiger partial charge in [-0.15, -0.1) is 0 Å². The van der Waals surface area contributed by atoms with Crippen LogP contribution in [0.5, 0.6) is 0 Å². The summed E-state index contributed by atoms with van der Waals surface area (Å²) in [6.07, 6.45) is 6.97. The molecule has 2 aromatic heterocycles. The topological polar surface area (TPSA) is 75.9 Å². The van der Waals surface area contributed by atoms with Gasteiger partial charge in [-0.25, -0.2) is 15.0 Å². The summed E-state index contributed by atoms with van der Waals surface area (Å²) in [6, 6.07) is 20.4. The van der Waals surface area contributed by atoms with Gasteiger partial charge in [0.25, 0.3) is 0 Å². The third kappa shape index (κ3) is 4.67. The Balaban J connectivity index is 1.59. The molecule has 6 nitrogen and oxygen atoms in total. The van der Waals surface area contributed by atoms with Crippen molar-refractivity contribution in [1.82, 2.24) is 19.5 Å². The quantitative estimate of drug-likeness (QED) is 0.484. The van der Waals surface area contributed by atoms with E-state index in [4.69, 9.17) is 0 Å². The van der Waals surface area contributed by atoms with E-state index >= 15 is 0 Å². The second kappa shape index (κ2) is 9.12. The highest BCUT2D eigenvalue weighted by Crippen LogP contribution is 2.20. The molecule has 0 aliphatic rings. The van der Waals surface area contributed by atoms with E-state index in [-0.39, 0.29) is 6.61 Å². The summed E-state index contributed by atoms with van der Waals surface area (Å²) in [4.78, 5) is 13.7. The SMILES string of the molecule is OCCc1nc(NCCc2ccccc2)c2ncn(/C=C/c3ccccc3)c2n1. The molecule has 2 aromatic carbocycles. The van der Waals surface area contributed by atoms with Gasteiger partial charge in [-0.3, -0.25) is 4.57 Å². The molecule has 0 aliphatic carbocycles. The number of aromatic nitrogens is 4. The lowest BCUT2D eigenvalue weighted by atomic mass is 10.1. The van der Waals surface area contributed by atoms with Crippen molar-refractivity contribution in [2.45, 2.75) is 12.8 Å². The first kappa shape index (κ1) is 18.8. The van der Waals surface area contributed by atoms with Gasteiger partial charge in [-0.05, 0) is 23.6 Å². The Morgan fingerprint density at radius 3 is 2.45 bits per heavy atom. The van der Waals surface area contributed by atoms with Crippen LogP contribution < -0.4 is 5.32 Å². The standard InChI is InChI=1S/C23H23N5O/c29-16-13-20-26-22(24-14-11-18-7-3-1-4-8-18)21-23(27-20)28(17-25-21)15-12-19-9-5-2-6-10-19/h1-10,12,15,17,29H,11,13-14,16H2,(H,24,26,27)/b15-12+. The lowest BCUT2D eigenvalue weighted by Gasteiger charge is -2.08. The van der Waals surface area contributed by atoms with Gasteiger partial charge in [-0.1, -0.05) is 60.7 Å². The molecular weight excluding hydrogens is 362 g/mol. The third-order valence-corrected chi connectivity index (χ3v) is 4.58. The van der Waals surface area contributed by atoms with Crippen molar-refractivity contribution >= 4 is 29.3 Å². The van der Waals surface area contributed by atoms with Gasteiger partial charge in [0.2, 0.25) is 0 Å². The molecule has 0 saturated heterocycles. The molecule has 2 N–H and O–H groups in total. The van der Waals surface area contributed by atoms with Crippen LogP contribution in [0.25, 0.3) is 23.4 Å². The Bertz CT molecular complexity index is 1090. The van der Waals surface area contributed by atoms with Crippen LogP contribution in [0.15, 0.2) is 67.0 Å². The highest BCUT2D eigenvalue weighted by Gasteiger charge is 2.12. The van der Waals surface area contributed by atoms with Gasteiger partial charge in [0.05, 0.1) is 6.61 Å². The molecule has 0 fully saturated rings. The van der Waals surface area contributed by atoms with E-state index in [9.17, 15) is 5.11 Å². The normalized spacial score (nSPS) is 11.3. The number of imidazole rings is 1. The van der Waals surface area contributed by atoms with Gasteiger partial charge in [0.15, 0.2) is 17.0 Å². The van der Waals surface area contributed by atoms with Gasteiger partial charge >= 0.3 is 0 Å². The predicted molar refractivity (Wildman–Crippen MR) is 116 cm³/mol. The zero-order valence-corrected chi connectivity index (χ0v) is 16.1. The number of aliphatic hydroxyl groups excluding tert-OH is 1. The van der Waals surface area contributed by atoms with E-state index in [1.165, 1.54) is 5.56 Å². The van der Waals surface area contributed by atoms with Crippen LogP contribution in [0.4, 0.5) is 5.82 Å². The second-order valence-electron chi connectivity index (χ2n) is 6.67. The minimum absolute atomic E-state index is 0.00293. The predicted octanol–water partition coefficient (Wildman–Crippen LogP) is 3.64. The first-order valence-electron chi connectivity index (χ1n) is 9.69. The molecular formula is C23H23N5O. The summed E-state index contributed by atoms with van der Waals surface area (Å²) in [5, 5.41) is 12.7. The van der Waals surface area contributed by atoms with E-state index in [1.54, 1.807) is 6.33 Å². The monoisotopic (exact) mass is 385 g/mol. The first-order valence-corrected chi connectivity index (χ1v) is 9.69. The highest BCUT2D eigenvalue weighted by atomic mass is 16.3. The molecule has 4 aromatic rings. The summed E-state index contributed by atoms with van der Waals surface area (Å²) in [7, 11) is 0. The fourth-order valence-corrected chi connectivity index (χ4v) is 3.11. The van der Waals surface area contributed by atoms with Crippen LogP contribution in [0.2, 0.25) is 0 Å². The summed E-state index contributed by atoms with van der Waals surface area (Å²) in [5.74, 6) is 1.29. The molecule has 0 unspecified atom stereocenters. The summed E-state index contributed by atoms with van der Waals surface area (Å²) in [6.45, 7) is 0.740. The van der Waals surface area contributed by atoms with Crippen molar-refractivity contribution in [1.29, 1.82) is 0 Å². The number of fused-ring (bicyclic) bond motifs is 1. The molecule has 29 heavy (non-hydrogen) atoms. The fraction of sp³-hybridized carbons (Fsp3) is 0.174. The maximum Gasteiger partial charge on any atom is 0.169 e. The second-order valence-corrected chi connectivity index (χ2v) is 6.67. The average molecular weight is 385 g/mol. The molecule has 0 atom stereocenters. The Kier molecular flexibility index (Phi) is 5.92. The van der Waals surface area contributed by atoms with E-state index in [2.05, 4.69) is 32.4 Å². The lowest BCUT2D eigenvalue weighted by molar-refractivity contribution is 0.297. The Hall–Kier alpha value is -3.51. The van der Waals surface area contributed by atoms with Gasteiger partial charge in [-0.2, -0.15) is 0 Å². The summed E-state index contributed by atoms with van der Waals surface area (Å²) in [5.41, 5.74) is 3.80. The molecule has 0 amide bonds. The molecule has 2 heterocycles. The third-order valence-electron chi connectivity index (χ3n) is 4.58. The van der Waals surface area contributed by atoms with Crippen LogP contribution in [-0.2, 0) is 12.8 Å². The smallest absolute Gasteiger partial charge is 0.169 e. The number of rotatable bonds is 8. The van der Waals surface area contributed by atoms with Crippen LogP contribution in [0.1, 0.15) is 17.0 Å². The number of aliphatic hydroxyl groups is 1. The van der Waals surface area contributed by atoms with E-state index in [0.717, 1.165) is 29.7 Å². The Morgan fingerprint density at radius 2 is 1.69 bits per heavy atom. The summed E-state index contributed by atoms with van der Waals surface area (Å²) >= 11 is 0. The van der Waals surface area contributed by atoms with Gasteiger partial charge < -0.3 is 10.4 Å². The van der Waals surface area contributed by atoms with Crippen LogP contribution in [-0.4, -0.2) is 37.8 Å². The molecule has 0 saturated carbocycles. The van der Waals surface area contributed by atoms with Crippen molar-refractivity contribution in [3.63, 3.8) is 0 Å². The van der Waals surface area contributed by atoms with Crippen molar-refractivity contribution in [2.75, 3.05) is 18.5 Å². The van der Waals surface area contributed by atoms with Crippen LogP contribution >= 0.6 is 0 Å². The number of hydrogen-bond acceptors (Lipinski definition) is 5. The first-order chi connectivity index (χ1) is 14.3. The molecule has 0 bridgehead atoms. The van der Waals surface area contributed by atoms with E-state index in [0.29, 0.717) is 18.1 Å². The number of anilines is 1. The molecule has 0 radical (unpaired) electrons. The lowest BCUT2D eigenvalue weighted by Crippen LogP contribution is -2.10. The number of hydrogen-bond donors (Lipinski definition) is 2. The maximum atomic E-state index is 9.34. The number of benzene rings is 2. The maximum absolute atomic E-state index is 9.34. The Labute approximate surface area is 169 Å². The fourth-order valence-electron chi connectivity index (χ4n) is 3.11. The van der Waals surface area contributed by atoms with Crippen molar-refractivity contribution in [3.05, 3.63) is 83.9 Å². The van der Waals surface area contributed by atoms with Crippen LogP contribution in [0, 0.1) is 0 Å². The van der Waals surface area contributed by atoms with Crippen LogP contribution in [0.3, 0.4) is 0 Å². The largest absolute Gasteiger partial charge is 0.396 e. The van der Waals surface area contributed by atoms with Gasteiger partial charge in [0.1, 0.15) is 12.2 Å². The van der Waals surface area contributed by atoms with E-state index in [1.807, 2.05) is 65.4 Å². The van der Waals surface area contributed by atoms with Crippen molar-refractivity contribution in [3.8, 4) is 0 Å². The number of nitrogens with one attached hydrogen (secondary N) is 1. The Morgan fingerprint density at radius 1 is 0.931 bits per heavy atom. The van der Waals surface area contributed by atoms with Gasteiger partial charge in [0, 0.05) is 19.2 Å². The van der Waals surface area contributed by atoms with E-state index < -0.39 is 0 Å². The minimum Gasteiger partial charge on any atom is -0.396 e. The minimum atomic E-state index is 0.00293. The average Bonchev–Trinajstić information content (AvgIpc) is 3.17. The van der Waals surface area contributed by atoms with Crippen molar-refractivity contribution in [2.24, 2.45) is 0 Å². The molecule has 4 rings (SSSR count). The summed E-state index contributed by atoms with van der Waals surface area (Å²) < 4.78 is 1.88. The van der Waals surface area contributed by atoms with Crippen molar-refractivity contribution < 1.29 is 5.11 Å². The number of nitrogens with zero attached hydrogens (tertiary/aromatic N) is 4. The zero-order chi connectivity index (χ0) is 19.9. The molecule has 6 heteroatoms. The zero-order valence-electron chi connectivity index (χ0n) is 16.1.